The molecule has 1 heterocycles. The van der Waals surface area contributed by atoms with Crippen molar-refractivity contribution in [3.05, 3.63) is 59.7 Å². The fraction of sp³-hybridized carbons (Fsp3) is 0.263. The van der Waals surface area contributed by atoms with E-state index >= 15 is 0 Å². The number of Topliss-reactive ketones (excluding diaryl/α,β-unsaturated/α-hetero) is 1. The molecule has 0 bridgehead atoms. The molecule has 1 aliphatic rings. The van der Waals surface area contributed by atoms with Crippen molar-refractivity contribution >= 4 is 23.1 Å². The second-order valence-corrected chi connectivity index (χ2v) is 5.73. The Bertz CT molecular complexity index is 722. The average molecular weight is 308 g/mol. The van der Waals surface area contributed by atoms with Gasteiger partial charge in [0.05, 0.1) is 0 Å². The van der Waals surface area contributed by atoms with Crippen LogP contribution in [0.5, 0.6) is 0 Å². The van der Waals surface area contributed by atoms with Gasteiger partial charge in [-0.25, -0.2) is 0 Å². The van der Waals surface area contributed by atoms with E-state index in [1.165, 1.54) is 5.56 Å². The highest BCUT2D eigenvalue weighted by molar-refractivity contribution is 5.96. The van der Waals surface area contributed by atoms with Gasteiger partial charge in [-0.3, -0.25) is 9.59 Å². The highest BCUT2D eigenvalue weighted by Crippen LogP contribution is 2.27. The van der Waals surface area contributed by atoms with E-state index < -0.39 is 0 Å². The lowest BCUT2D eigenvalue weighted by molar-refractivity contribution is -0.118. The van der Waals surface area contributed by atoms with E-state index in [0.717, 1.165) is 24.3 Å². The number of carbonyl (C=O) groups excluding carboxylic acids is 2. The van der Waals surface area contributed by atoms with Crippen molar-refractivity contribution in [2.45, 2.75) is 19.8 Å². The molecule has 0 aliphatic carbocycles. The third-order valence-electron chi connectivity index (χ3n) is 4.15. The summed E-state index contributed by atoms with van der Waals surface area (Å²) < 4.78 is 0. The summed E-state index contributed by atoms with van der Waals surface area (Å²) in [6.45, 7) is 2.90. The van der Waals surface area contributed by atoms with Crippen molar-refractivity contribution in [2.75, 3.05) is 23.3 Å². The van der Waals surface area contributed by atoms with Gasteiger partial charge in [0.25, 0.3) is 0 Å². The molecule has 4 nitrogen and oxygen atoms in total. The van der Waals surface area contributed by atoms with E-state index in [2.05, 4.69) is 11.4 Å². The molecular weight excluding hydrogens is 288 g/mol. The van der Waals surface area contributed by atoms with Gasteiger partial charge in [-0.1, -0.05) is 18.2 Å². The molecule has 23 heavy (non-hydrogen) atoms. The van der Waals surface area contributed by atoms with E-state index in [9.17, 15) is 9.59 Å². The van der Waals surface area contributed by atoms with E-state index in [4.69, 9.17) is 0 Å². The summed E-state index contributed by atoms with van der Waals surface area (Å²) in [5.41, 5.74) is 3.90. The molecule has 0 spiro atoms. The number of anilines is 2. The van der Waals surface area contributed by atoms with Crippen molar-refractivity contribution in [1.29, 1.82) is 0 Å². The second-order valence-electron chi connectivity index (χ2n) is 5.73. The van der Waals surface area contributed by atoms with E-state index in [-0.39, 0.29) is 11.7 Å². The van der Waals surface area contributed by atoms with Crippen LogP contribution in [0.4, 0.5) is 11.4 Å². The van der Waals surface area contributed by atoms with Gasteiger partial charge >= 0.3 is 0 Å². The van der Waals surface area contributed by atoms with Gasteiger partial charge < -0.3 is 10.2 Å². The lowest BCUT2D eigenvalue weighted by atomic mass is 10.1. The minimum atomic E-state index is 0.0550. The Morgan fingerprint density at radius 3 is 2.57 bits per heavy atom. The molecule has 0 fully saturated rings. The summed E-state index contributed by atoms with van der Waals surface area (Å²) in [5.74, 6) is 0.197. The predicted octanol–water partition coefficient (Wildman–Crippen LogP) is 3.28. The molecule has 0 saturated heterocycles. The maximum absolute atomic E-state index is 12.4. The quantitative estimate of drug-likeness (QED) is 0.862. The van der Waals surface area contributed by atoms with Crippen LogP contribution in [0.25, 0.3) is 0 Å². The van der Waals surface area contributed by atoms with Gasteiger partial charge in [-0.15, -0.1) is 0 Å². The van der Waals surface area contributed by atoms with Gasteiger partial charge in [0.1, 0.15) is 0 Å². The highest BCUT2D eigenvalue weighted by Gasteiger charge is 2.23. The smallest absolute Gasteiger partial charge is 0.228 e. The molecule has 0 atom stereocenters. The van der Waals surface area contributed by atoms with Crippen LogP contribution in [-0.4, -0.2) is 24.8 Å². The Hall–Kier alpha value is -2.62. The third kappa shape index (κ3) is 3.42. The zero-order chi connectivity index (χ0) is 16.2. The van der Waals surface area contributed by atoms with Crippen LogP contribution >= 0.6 is 0 Å². The Kier molecular flexibility index (Phi) is 4.42. The zero-order valence-electron chi connectivity index (χ0n) is 13.2. The van der Waals surface area contributed by atoms with E-state index in [0.29, 0.717) is 18.5 Å². The summed E-state index contributed by atoms with van der Waals surface area (Å²) >= 11 is 0. The normalized spacial score (nSPS) is 12.8. The zero-order valence-corrected chi connectivity index (χ0v) is 13.2. The SMILES string of the molecule is CC(=O)c1ccc(NCCC(=O)N2CCc3ccccc32)cc1. The molecule has 1 aliphatic heterocycles. The van der Waals surface area contributed by atoms with Gasteiger partial charge in [0.15, 0.2) is 5.78 Å². The number of nitrogens with one attached hydrogen (secondary N) is 1. The second kappa shape index (κ2) is 6.65. The molecule has 2 aromatic rings. The minimum Gasteiger partial charge on any atom is -0.385 e. The topological polar surface area (TPSA) is 49.4 Å². The number of rotatable bonds is 5. The molecule has 0 saturated carbocycles. The van der Waals surface area contributed by atoms with Crippen LogP contribution in [0, 0.1) is 0 Å². The molecule has 0 aromatic heterocycles. The summed E-state index contributed by atoms with van der Waals surface area (Å²) in [7, 11) is 0. The Morgan fingerprint density at radius 1 is 1.09 bits per heavy atom. The first kappa shape index (κ1) is 15.3. The van der Waals surface area contributed by atoms with Crippen molar-refractivity contribution in [3.8, 4) is 0 Å². The molecule has 118 valence electrons. The maximum Gasteiger partial charge on any atom is 0.228 e. The number of amides is 1. The molecular formula is C19H20N2O2. The Labute approximate surface area is 136 Å². The van der Waals surface area contributed by atoms with E-state index in [1.54, 1.807) is 19.1 Å². The first-order valence-corrected chi connectivity index (χ1v) is 7.88. The number of hydrogen-bond acceptors (Lipinski definition) is 3. The molecule has 3 rings (SSSR count). The minimum absolute atomic E-state index is 0.0550. The average Bonchev–Trinajstić information content (AvgIpc) is 2.99. The van der Waals surface area contributed by atoms with Gasteiger partial charge in [-0.2, -0.15) is 0 Å². The van der Waals surface area contributed by atoms with Gasteiger partial charge in [0.2, 0.25) is 5.91 Å². The van der Waals surface area contributed by atoms with Gasteiger partial charge in [-0.05, 0) is 49.2 Å². The molecule has 0 radical (unpaired) electrons. The van der Waals surface area contributed by atoms with Gasteiger partial charge in [0, 0.05) is 36.4 Å². The number of carbonyl (C=O) groups is 2. The highest BCUT2D eigenvalue weighted by atomic mass is 16.2. The van der Waals surface area contributed by atoms with Crippen LogP contribution in [0.3, 0.4) is 0 Å². The van der Waals surface area contributed by atoms with Crippen molar-refractivity contribution < 1.29 is 9.59 Å². The maximum atomic E-state index is 12.4. The monoisotopic (exact) mass is 308 g/mol. The van der Waals surface area contributed by atoms with Crippen LogP contribution < -0.4 is 10.2 Å². The summed E-state index contributed by atoms with van der Waals surface area (Å²) in [6.07, 6.45) is 1.38. The number of fused-ring (bicyclic) bond motifs is 1. The van der Waals surface area contributed by atoms with Crippen LogP contribution in [-0.2, 0) is 11.2 Å². The number of ketones is 1. The van der Waals surface area contributed by atoms with Crippen LogP contribution in [0.1, 0.15) is 29.3 Å². The standard InChI is InChI=1S/C19H20N2O2/c1-14(22)15-6-8-17(9-7-15)20-12-10-19(23)21-13-11-16-4-2-3-5-18(16)21/h2-9,20H,10-13H2,1H3. The lowest BCUT2D eigenvalue weighted by Crippen LogP contribution is -2.30. The largest absolute Gasteiger partial charge is 0.385 e. The summed E-state index contributed by atoms with van der Waals surface area (Å²) in [6, 6.07) is 15.4. The number of nitrogens with zero attached hydrogens (tertiary/aromatic N) is 1. The Morgan fingerprint density at radius 2 is 1.83 bits per heavy atom. The lowest BCUT2D eigenvalue weighted by Gasteiger charge is -2.17. The van der Waals surface area contributed by atoms with Crippen LogP contribution in [0.15, 0.2) is 48.5 Å². The van der Waals surface area contributed by atoms with Crippen molar-refractivity contribution in [3.63, 3.8) is 0 Å². The molecule has 1 amide bonds. The Balaban J connectivity index is 1.53. The number of para-hydroxylation sites is 1. The molecule has 1 N–H and O–H groups in total. The summed E-state index contributed by atoms with van der Waals surface area (Å²) in [5, 5.41) is 3.23. The fourth-order valence-electron chi connectivity index (χ4n) is 2.87. The first-order chi connectivity index (χ1) is 11.1. The third-order valence-corrected chi connectivity index (χ3v) is 4.15. The number of benzene rings is 2. The van der Waals surface area contributed by atoms with E-state index in [1.807, 2.05) is 35.2 Å². The first-order valence-electron chi connectivity index (χ1n) is 7.88. The van der Waals surface area contributed by atoms with Crippen LogP contribution in [0.2, 0.25) is 0 Å². The molecule has 4 heteroatoms. The number of hydrogen-bond donors (Lipinski definition) is 1. The fourth-order valence-corrected chi connectivity index (χ4v) is 2.87. The van der Waals surface area contributed by atoms with Crippen molar-refractivity contribution in [2.24, 2.45) is 0 Å². The summed E-state index contributed by atoms with van der Waals surface area (Å²) in [4.78, 5) is 25.5. The van der Waals surface area contributed by atoms with Crippen molar-refractivity contribution in [1.82, 2.24) is 0 Å². The molecule has 2 aromatic carbocycles. The predicted molar refractivity (Wildman–Crippen MR) is 92.1 cm³/mol. The molecule has 0 unspecified atom stereocenters.